The number of aliphatic hydroxyl groups is 1. The van der Waals surface area contributed by atoms with Crippen molar-refractivity contribution in [3.05, 3.63) is 12.2 Å². The molecule has 0 saturated carbocycles. The average molecular weight is 225 g/mol. The Balaban J connectivity index is 2.76. The van der Waals surface area contributed by atoms with Crippen LogP contribution >= 0.6 is 0 Å². The highest BCUT2D eigenvalue weighted by Gasteiger charge is 2.25. The quantitative estimate of drug-likeness (QED) is 0.806. The third-order valence-corrected chi connectivity index (χ3v) is 3.04. The van der Waals surface area contributed by atoms with Gasteiger partial charge < -0.3 is 5.11 Å². The van der Waals surface area contributed by atoms with Gasteiger partial charge in [-0.2, -0.15) is 5.10 Å². The number of nitrogens with zero attached hydrogens (tertiary/aromatic N) is 3. The highest BCUT2D eigenvalue weighted by atomic mass is 16.3. The largest absolute Gasteiger partial charge is 0.389 e. The van der Waals surface area contributed by atoms with Crippen molar-refractivity contribution >= 4 is 0 Å². The lowest BCUT2D eigenvalue weighted by molar-refractivity contribution is 0.0295. The molecule has 1 heterocycles. The topological polar surface area (TPSA) is 50.9 Å². The maximum Gasteiger partial charge on any atom is 0.138 e. The summed E-state index contributed by atoms with van der Waals surface area (Å²) in [6.07, 6.45) is 3.66. The molecular weight excluding hydrogens is 202 g/mol. The monoisotopic (exact) mass is 225 g/mol. The van der Waals surface area contributed by atoms with Crippen molar-refractivity contribution in [3.63, 3.8) is 0 Å². The van der Waals surface area contributed by atoms with E-state index in [0.29, 0.717) is 12.3 Å². The van der Waals surface area contributed by atoms with Crippen LogP contribution in [0.25, 0.3) is 0 Å². The first kappa shape index (κ1) is 13.2. The molecule has 16 heavy (non-hydrogen) atoms. The van der Waals surface area contributed by atoms with Crippen LogP contribution in [0.15, 0.2) is 6.33 Å². The summed E-state index contributed by atoms with van der Waals surface area (Å²) >= 11 is 0. The summed E-state index contributed by atoms with van der Waals surface area (Å²) in [4.78, 5) is 4.24. The molecule has 0 aromatic carbocycles. The normalized spacial score (nSPS) is 12.4. The van der Waals surface area contributed by atoms with E-state index in [1.54, 1.807) is 6.33 Å². The Labute approximate surface area is 97.7 Å². The van der Waals surface area contributed by atoms with Crippen LogP contribution < -0.4 is 0 Å². The van der Waals surface area contributed by atoms with Crippen LogP contribution in [0.1, 0.15) is 46.4 Å². The molecule has 4 nitrogen and oxygen atoms in total. The molecule has 1 rings (SSSR count). The summed E-state index contributed by atoms with van der Waals surface area (Å²) in [6, 6.07) is 0. The zero-order valence-electron chi connectivity index (χ0n) is 10.8. The zero-order chi connectivity index (χ0) is 12.2. The molecule has 0 unspecified atom stereocenters. The van der Waals surface area contributed by atoms with Gasteiger partial charge in [-0.15, -0.1) is 0 Å². The van der Waals surface area contributed by atoms with Gasteiger partial charge in [0.05, 0.1) is 5.60 Å². The first-order valence-electron chi connectivity index (χ1n) is 6.09. The van der Waals surface area contributed by atoms with Gasteiger partial charge in [0, 0.05) is 13.0 Å². The molecular formula is C12H23N3O. The van der Waals surface area contributed by atoms with Crippen LogP contribution in [-0.2, 0) is 13.0 Å². The predicted octanol–water partition coefficient (Wildman–Crippen LogP) is 2.03. The molecule has 0 bridgehead atoms. The van der Waals surface area contributed by atoms with Gasteiger partial charge in [-0.1, -0.05) is 27.7 Å². The molecule has 0 fully saturated rings. The number of hydrogen-bond acceptors (Lipinski definition) is 3. The molecule has 1 aromatic rings. The van der Waals surface area contributed by atoms with E-state index in [1.807, 2.05) is 18.5 Å². The fourth-order valence-electron chi connectivity index (χ4n) is 1.72. The third-order valence-electron chi connectivity index (χ3n) is 3.04. The molecule has 1 N–H and O–H groups in total. The van der Waals surface area contributed by atoms with E-state index in [-0.39, 0.29) is 0 Å². The van der Waals surface area contributed by atoms with Gasteiger partial charge in [0.2, 0.25) is 0 Å². The van der Waals surface area contributed by atoms with Gasteiger partial charge in [0.25, 0.3) is 0 Å². The number of rotatable bonds is 6. The first-order valence-corrected chi connectivity index (χ1v) is 6.09. The SMILES string of the molecule is CCC(O)(CC)Cc1ncnn1CC(C)C. The number of aromatic nitrogens is 3. The lowest BCUT2D eigenvalue weighted by Crippen LogP contribution is -2.31. The summed E-state index contributed by atoms with van der Waals surface area (Å²) < 4.78 is 1.90. The van der Waals surface area contributed by atoms with Gasteiger partial charge in [0.15, 0.2) is 0 Å². The average Bonchev–Trinajstić information content (AvgIpc) is 2.64. The molecule has 0 aliphatic carbocycles. The summed E-state index contributed by atoms with van der Waals surface area (Å²) in [5.41, 5.74) is -0.637. The molecule has 0 saturated heterocycles. The van der Waals surface area contributed by atoms with Gasteiger partial charge in [0.1, 0.15) is 12.2 Å². The Morgan fingerprint density at radius 1 is 1.38 bits per heavy atom. The molecule has 92 valence electrons. The highest BCUT2D eigenvalue weighted by Crippen LogP contribution is 2.19. The molecule has 0 aliphatic rings. The Kier molecular flexibility index (Phi) is 4.47. The van der Waals surface area contributed by atoms with Crippen molar-refractivity contribution in [2.24, 2.45) is 5.92 Å². The summed E-state index contributed by atoms with van der Waals surface area (Å²) in [6.45, 7) is 9.17. The van der Waals surface area contributed by atoms with Crippen molar-refractivity contribution in [1.82, 2.24) is 14.8 Å². The van der Waals surface area contributed by atoms with Crippen molar-refractivity contribution < 1.29 is 5.11 Å². The van der Waals surface area contributed by atoms with Crippen molar-refractivity contribution in [3.8, 4) is 0 Å². The molecule has 0 atom stereocenters. The molecule has 0 aliphatic heterocycles. The van der Waals surface area contributed by atoms with Gasteiger partial charge >= 0.3 is 0 Å². The van der Waals surface area contributed by atoms with Gasteiger partial charge in [-0.05, 0) is 18.8 Å². The van der Waals surface area contributed by atoms with E-state index in [2.05, 4.69) is 23.9 Å². The standard InChI is InChI=1S/C12H23N3O/c1-5-12(16,6-2)7-11-13-9-14-15(11)8-10(3)4/h9-10,16H,5-8H2,1-4H3. The Hall–Kier alpha value is -0.900. The molecule has 0 amide bonds. The second-order valence-corrected chi connectivity index (χ2v) is 4.86. The fourth-order valence-corrected chi connectivity index (χ4v) is 1.72. The lowest BCUT2D eigenvalue weighted by Gasteiger charge is -2.24. The van der Waals surface area contributed by atoms with Gasteiger partial charge in [-0.25, -0.2) is 9.67 Å². The van der Waals surface area contributed by atoms with E-state index in [0.717, 1.165) is 25.2 Å². The zero-order valence-corrected chi connectivity index (χ0v) is 10.8. The molecule has 1 aromatic heterocycles. The van der Waals surface area contributed by atoms with Crippen LogP contribution in [0.2, 0.25) is 0 Å². The second kappa shape index (κ2) is 5.43. The second-order valence-electron chi connectivity index (χ2n) is 4.86. The van der Waals surface area contributed by atoms with E-state index >= 15 is 0 Å². The van der Waals surface area contributed by atoms with E-state index in [9.17, 15) is 5.11 Å². The van der Waals surface area contributed by atoms with E-state index in [1.165, 1.54) is 0 Å². The summed E-state index contributed by atoms with van der Waals surface area (Å²) in [5, 5.41) is 14.5. The van der Waals surface area contributed by atoms with Crippen LogP contribution in [0.5, 0.6) is 0 Å². The lowest BCUT2D eigenvalue weighted by atomic mass is 9.93. The predicted molar refractivity (Wildman–Crippen MR) is 64.1 cm³/mol. The van der Waals surface area contributed by atoms with Crippen LogP contribution in [0, 0.1) is 5.92 Å². The Morgan fingerprint density at radius 2 is 2.00 bits per heavy atom. The molecule has 4 heteroatoms. The van der Waals surface area contributed by atoms with E-state index in [4.69, 9.17) is 0 Å². The maximum atomic E-state index is 10.3. The maximum absolute atomic E-state index is 10.3. The van der Waals surface area contributed by atoms with Crippen molar-refractivity contribution in [2.45, 2.75) is 59.1 Å². The summed E-state index contributed by atoms with van der Waals surface area (Å²) in [5.74, 6) is 1.43. The van der Waals surface area contributed by atoms with Crippen LogP contribution in [0.4, 0.5) is 0 Å². The third kappa shape index (κ3) is 3.30. The smallest absolute Gasteiger partial charge is 0.138 e. The first-order chi connectivity index (χ1) is 7.50. The van der Waals surface area contributed by atoms with Crippen molar-refractivity contribution in [2.75, 3.05) is 0 Å². The summed E-state index contributed by atoms with van der Waals surface area (Å²) in [7, 11) is 0. The van der Waals surface area contributed by atoms with Crippen molar-refractivity contribution in [1.29, 1.82) is 0 Å². The highest BCUT2D eigenvalue weighted by molar-refractivity contribution is 4.93. The van der Waals surface area contributed by atoms with Crippen LogP contribution in [-0.4, -0.2) is 25.5 Å². The minimum absolute atomic E-state index is 0.539. The molecule has 0 radical (unpaired) electrons. The fraction of sp³-hybridized carbons (Fsp3) is 0.833. The van der Waals surface area contributed by atoms with Crippen LogP contribution in [0.3, 0.4) is 0 Å². The van der Waals surface area contributed by atoms with E-state index < -0.39 is 5.60 Å². The molecule has 0 spiro atoms. The number of hydrogen-bond donors (Lipinski definition) is 1. The minimum atomic E-state index is -0.637. The minimum Gasteiger partial charge on any atom is -0.389 e. The van der Waals surface area contributed by atoms with Gasteiger partial charge in [-0.3, -0.25) is 0 Å². The Morgan fingerprint density at radius 3 is 2.50 bits per heavy atom. The Bertz CT molecular complexity index is 316.